The van der Waals surface area contributed by atoms with E-state index in [4.69, 9.17) is 4.28 Å². The summed E-state index contributed by atoms with van der Waals surface area (Å²) in [4.78, 5) is 0.121. The third-order valence-electron chi connectivity index (χ3n) is 4.17. The number of nitrogens with zero attached hydrogens (tertiary/aromatic N) is 1. The lowest BCUT2D eigenvalue weighted by Gasteiger charge is -2.11. The fraction of sp³-hybridized carbons (Fsp3) is 0.400. The highest BCUT2D eigenvalue weighted by Crippen LogP contribution is 2.42. The monoisotopic (exact) mass is 291 g/mol. The molecule has 0 spiro atoms. The molecule has 2 fully saturated rings. The lowest BCUT2D eigenvalue weighted by atomic mass is 9.99. The third kappa shape index (κ3) is 2.50. The molecule has 2 atom stereocenters. The van der Waals surface area contributed by atoms with E-state index in [1.54, 1.807) is 18.2 Å². The Bertz CT molecular complexity index is 646. The summed E-state index contributed by atoms with van der Waals surface area (Å²) in [6.07, 6.45) is 6.03. The molecule has 5 heteroatoms. The van der Waals surface area contributed by atoms with Crippen molar-refractivity contribution >= 4 is 21.9 Å². The molecule has 0 amide bonds. The molecule has 2 aliphatic carbocycles. The average Bonchev–Trinajstić information content (AvgIpc) is 3.08. The van der Waals surface area contributed by atoms with Crippen molar-refractivity contribution in [2.75, 3.05) is 0 Å². The van der Waals surface area contributed by atoms with Gasteiger partial charge >= 0.3 is 10.1 Å². The van der Waals surface area contributed by atoms with Crippen LogP contribution < -0.4 is 0 Å². The fourth-order valence-corrected chi connectivity index (χ4v) is 3.80. The first-order chi connectivity index (χ1) is 9.58. The van der Waals surface area contributed by atoms with Gasteiger partial charge in [0.15, 0.2) is 0 Å². The molecule has 20 heavy (non-hydrogen) atoms. The van der Waals surface area contributed by atoms with Crippen molar-refractivity contribution in [1.82, 2.24) is 0 Å². The largest absolute Gasteiger partial charge is 0.358 e. The van der Waals surface area contributed by atoms with Crippen molar-refractivity contribution in [2.24, 2.45) is 17.0 Å². The summed E-state index contributed by atoms with van der Waals surface area (Å²) < 4.78 is 28.9. The molecule has 2 aliphatic rings. The van der Waals surface area contributed by atoms with Crippen LogP contribution in [0.3, 0.4) is 0 Å². The summed E-state index contributed by atoms with van der Waals surface area (Å²) in [6, 6.07) is 6.39. The zero-order chi connectivity index (χ0) is 14.2. The van der Waals surface area contributed by atoms with Crippen LogP contribution in [0, 0.1) is 11.8 Å². The van der Waals surface area contributed by atoms with E-state index in [1.165, 1.54) is 18.6 Å². The van der Waals surface area contributed by atoms with Crippen LogP contribution in [-0.2, 0) is 14.4 Å². The molecule has 0 aromatic heterocycles. The first kappa shape index (κ1) is 13.4. The highest BCUT2D eigenvalue weighted by atomic mass is 32.2. The van der Waals surface area contributed by atoms with Crippen LogP contribution >= 0.6 is 0 Å². The fourth-order valence-electron chi connectivity index (χ4n) is 3.05. The zero-order valence-corrected chi connectivity index (χ0v) is 12.0. The van der Waals surface area contributed by atoms with E-state index in [-0.39, 0.29) is 4.90 Å². The van der Waals surface area contributed by atoms with Gasteiger partial charge in [0.25, 0.3) is 0 Å². The Morgan fingerprint density at radius 1 is 1.25 bits per heavy atom. The smallest absolute Gasteiger partial charge is 0.265 e. The second-order valence-electron chi connectivity index (χ2n) is 5.46. The first-order valence-corrected chi connectivity index (χ1v) is 8.22. The minimum atomic E-state index is -3.81. The predicted molar refractivity (Wildman–Crippen MR) is 77.7 cm³/mol. The topological polar surface area (TPSA) is 55.7 Å². The molecule has 0 saturated heterocycles. The molecule has 2 saturated carbocycles. The van der Waals surface area contributed by atoms with Crippen molar-refractivity contribution < 1.29 is 12.7 Å². The van der Waals surface area contributed by atoms with Gasteiger partial charge in [-0.3, -0.25) is 4.28 Å². The van der Waals surface area contributed by atoms with Crippen molar-refractivity contribution in [2.45, 2.75) is 30.6 Å². The zero-order valence-electron chi connectivity index (χ0n) is 11.2. The van der Waals surface area contributed by atoms with Gasteiger partial charge in [0.2, 0.25) is 0 Å². The Kier molecular flexibility index (Phi) is 3.38. The maximum Gasteiger partial charge on any atom is 0.358 e. The molecule has 1 aromatic carbocycles. The maximum atomic E-state index is 12.0. The van der Waals surface area contributed by atoms with Crippen LogP contribution in [0.4, 0.5) is 0 Å². The molecule has 4 nitrogen and oxygen atoms in total. The number of rotatable bonds is 4. The highest BCUT2D eigenvalue weighted by molar-refractivity contribution is 7.86. The van der Waals surface area contributed by atoms with Gasteiger partial charge in [0.05, 0.1) is 5.71 Å². The van der Waals surface area contributed by atoms with Crippen molar-refractivity contribution in [3.63, 3.8) is 0 Å². The lowest BCUT2D eigenvalue weighted by Crippen LogP contribution is -2.12. The van der Waals surface area contributed by atoms with E-state index in [9.17, 15) is 8.42 Å². The number of hydrogen-bond donors (Lipinski definition) is 0. The van der Waals surface area contributed by atoms with Crippen LogP contribution in [0.25, 0.3) is 6.08 Å². The molecule has 1 aromatic rings. The predicted octanol–water partition coefficient (Wildman–Crippen LogP) is 3.21. The summed E-state index contributed by atoms with van der Waals surface area (Å²) in [7, 11) is -3.81. The van der Waals surface area contributed by atoms with Gasteiger partial charge in [0, 0.05) is 5.92 Å². The van der Waals surface area contributed by atoms with Crippen LogP contribution in [-0.4, -0.2) is 14.1 Å². The summed E-state index contributed by atoms with van der Waals surface area (Å²) >= 11 is 0. The number of benzene rings is 1. The Balaban J connectivity index is 1.75. The van der Waals surface area contributed by atoms with E-state index in [1.807, 2.05) is 0 Å². The van der Waals surface area contributed by atoms with Gasteiger partial charge in [-0.05, 0) is 49.3 Å². The molecule has 3 rings (SSSR count). The molecule has 106 valence electrons. The highest BCUT2D eigenvalue weighted by Gasteiger charge is 2.37. The summed E-state index contributed by atoms with van der Waals surface area (Å²) in [6.45, 7) is 3.63. The SMILES string of the molecule is C=Cc1ccc(S(=O)(=O)ON=C2CC3CCC2C3)cc1. The summed E-state index contributed by atoms with van der Waals surface area (Å²) in [5.41, 5.74) is 1.77. The average molecular weight is 291 g/mol. The lowest BCUT2D eigenvalue weighted by molar-refractivity contribution is 0.334. The molecular weight excluding hydrogens is 274 g/mol. The Morgan fingerprint density at radius 3 is 2.55 bits per heavy atom. The van der Waals surface area contributed by atoms with E-state index in [2.05, 4.69) is 11.7 Å². The van der Waals surface area contributed by atoms with Crippen molar-refractivity contribution in [3.8, 4) is 0 Å². The van der Waals surface area contributed by atoms with E-state index in [0.29, 0.717) is 11.8 Å². The van der Waals surface area contributed by atoms with Gasteiger partial charge in [-0.2, -0.15) is 8.42 Å². The van der Waals surface area contributed by atoms with Gasteiger partial charge in [-0.15, -0.1) is 0 Å². The molecule has 0 aliphatic heterocycles. The van der Waals surface area contributed by atoms with Crippen LogP contribution in [0.5, 0.6) is 0 Å². The Hall–Kier alpha value is -1.62. The second-order valence-corrected chi connectivity index (χ2v) is 6.99. The first-order valence-electron chi connectivity index (χ1n) is 6.81. The maximum absolute atomic E-state index is 12.0. The second kappa shape index (κ2) is 5.05. The number of hydrogen-bond acceptors (Lipinski definition) is 4. The van der Waals surface area contributed by atoms with E-state index < -0.39 is 10.1 Å². The van der Waals surface area contributed by atoms with Crippen LogP contribution in [0.1, 0.15) is 31.2 Å². The summed E-state index contributed by atoms with van der Waals surface area (Å²) in [5.74, 6) is 1.11. The van der Waals surface area contributed by atoms with Gasteiger partial charge in [0.1, 0.15) is 4.90 Å². The van der Waals surface area contributed by atoms with Crippen molar-refractivity contribution in [1.29, 1.82) is 0 Å². The molecule has 2 unspecified atom stereocenters. The summed E-state index contributed by atoms with van der Waals surface area (Å²) in [5, 5.41) is 3.91. The van der Waals surface area contributed by atoms with Gasteiger partial charge in [-0.25, -0.2) is 0 Å². The van der Waals surface area contributed by atoms with Crippen molar-refractivity contribution in [3.05, 3.63) is 36.4 Å². The normalized spacial score (nSPS) is 26.9. The van der Waals surface area contributed by atoms with E-state index >= 15 is 0 Å². The van der Waals surface area contributed by atoms with Gasteiger partial charge in [-0.1, -0.05) is 29.9 Å². The molecule has 0 N–H and O–H groups in total. The molecular formula is C15H17NO3S. The van der Waals surface area contributed by atoms with E-state index in [0.717, 1.165) is 30.5 Å². The Morgan fingerprint density at radius 2 is 2.00 bits per heavy atom. The number of oxime groups is 1. The molecule has 0 radical (unpaired) electrons. The minimum Gasteiger partial charge on any atom is -0.265 e. The van der Waals surface area contributed by atoms with Crippen LogP contribution in [0.15, 0.2) is 40.9 Å². The Labute approximate surface area is 119 Å². The van der Waals surface area contributed by atoms with Crippen LogP contribution in [0.2, 0.25) is 0 Å². The standard InChI is InChI=1S/C15H17NO3S/c1-2-11-4-7-14(8-5-11)20(17,18)19-16-15-10-12-3-6-13(15)9-12/h2,4-5,7-8,12-13H,1,3,6,9-10H2. The number of fused-ring (bicyclic) bond motifs is 2. The third-order valence-corrected chi connectivity index (χ3v) is 5.29. The minimum absolute atomic E-state index is 0.121. The molecule has 0 heterocycles. The molecule has 2 bridgehead atoms. The quantitative estimate of drug-likeness (QED) is 0.800. The van der Waals surface area contributed by atoms with Gasteiger partial charge < -0.3 is 0 Å².